The fourth-order valence-corrected chi connectivity index (χ4v) is 1.59. The molecule has 0 aliphatic rings. The van der Waals surface area contributed by atoms with Crippen LogP contribution < -0.4 is 5.32 Å². The van der Waals surface area contributed by atoms with Crippen LogP contribution in [-0.4, -0.2) is 23.5 Å². The number of aryl methyl sites for hydroxylation is 2. The Hall–Kier alpha value is -1.84. The number of aliphatic carboxylic acids is 1. The van der Waals surface area contributed by atoms with Crippen molar-refractivity contribution in [2.45, 2.75) is 20.3 Å². The SMILES string of the molecule is Cc1cc(C)cc(CC(=O)NCC(=O)O)c1. The molecule has 0 unspecified atom stereocenters. The fraction of sp³-hybridized carbons (Fsp3) is 0.333. The Morgan fingerprint density at radius 3 is 2.25 bits per heavy atom. The van der Waals surface area contributed by atoms with Crippen molar-refractivity contribution in [1.82, 2.24) is 5.32 Å². The predicted octanol–water partition coefficient (Wildman–Crippen LogP) is 1.05. The third-order valence-electron chi connectivity index (χ3n) is 2.08. The number of carboxylic acid groups (broad SMARTS) is 1. The molecule has 2 N–H and O–H groups in total. The highest BCUT2D eigenvalue weighted by atomic mass is 16.4. The first-order valence-electron chi connectivity index (χ1n) is 5.03. The molecule has 0 spiro atoms. The van der Waals surface area contributed by atoms with Gasteiger partial charge in [0.25, 0.3) is 0 Å². The summed E-state index contributed by atoms with van der Waals surface area (Å²) in [5.41, 5.74) is 3.10. The van der Waals surface area contributed by atoms with Gasteiger partial charge in [-0.15, -0.1) is 0 Å². The van der Waals surface area contributed by atoms with E-state index in [0.29, 0.717) is 0 Å². The maximum absolute atomic E-state index is 11.4. The van der Waals surface area contributed by atoms with Crippen molar-refractivity contribution >= 4 is 11.9 Å². The van der Waals surface area contributed by atoms with Gasteiger partial charge in [-0.05, 0) is 19.4 Å². The van der Waals surface area contributed by atoms with Crippen molar-refractivity contribution in [2.75, 3.05) is 6.54 Å². The number of carbonyl (C=O) groups is 2. The number of hydrogen-bond acceptors (Lipinski definition) is 2. The molecule has 0 fully saturated rings. The molecule has 1 aromatic rings. The minimum atomic E-state index is -1.03. The van der Waals surface area contributed by atoms with Gasteiger partial charge in [-0.25, -0.2) is 0 Å². The molecular formula is C12H15NO3. The van der Waals surface area contributed by atoms with Crippen molar-refractivity contribution in [1.29, 1.82) is 0 Å². The molecule has 0 aliphatic carbocycles. The van der Waals surface area contributed by atoms with Gasteiger partial charge in [-0.3, -0.25) is 9.59 Å². The lowest BCUT2D eigenvalue weighted by Crippen LogP contribution is -2.30. The number of benzene rings is 1. The first-order chi connectivity index (χ1) is 7.47. The molecule has 0 heterocycles. The first kappa shape index (κ1) is 12.2. The van der Waals surface area contributed by atoms with Crippen LogP contribution in [0.3, 0.4) is 0 Å². The van der Waals surface area contributed by atoms with Gasteiger partial charge >= 0.3 is 5.97 Å². The van der Waals surface area contributed by atoms with E-state index >= 15 is 0 Å². The Kier molecular flexibility index (Phi) is 4.05. The molecule has 0 saturated heterocycles. The first-order valence-corrected chi connectivity index (χ1v) is 5.03. The zero-order valence-electron chi connectivity index (χ0n) is 9.41. The monoisotopic (exact) mass is 221 g/mol. The van der Waals surface area contributed by atoms with Crippen LogP contribution in [0.15, 0.2) is 18.2 Å². The van der Waals surface area contributed by atoms with E-state index in [1.165, 1.54) is 0 Å². The van der Waals surface area contributed by atoms with Crippen LogP contribution in [-0.2, 0) is 16.0 Å². The van der Waals surface area contributed by atoms with Gasteiger partial charge in [0.1, 0.15) is 6.54 Å². The minimum absolute atomic E-state index is 0.218. The number of carboxylic acids is 1. The molecule has 0 atom stereocenters. The van der Waals surface area contributed by atoms with Gasteiger partial charge in [-0.1, -0.05) is 29.3 Å². The molecule has 0 radical (unpaired) electrons. The van der Waals surface area contributed by atoms with Crippen molar-refractivity contribution < 1.29 is 14.7 Å². The quantitative estimate of drug-likeness (QED) is 0.798. The molecule has 86 valence electrons. The Balaban J connectivity index is 2.59. The Morgan fingerprint density at radius 2 is 1.75 bits per heavy atom. The summed E-state index contributed by atoms with van der Waals surface area (Å²) < 4.78 is 0. The average Bonchev–Trinajstić information content (AvgIpc) is 2.12. The number of hydrogen-bond donors (Lipinski definition) is 2. The highest BCUT2D eigenvalue weighted by Gasteiger charge is 2.05. The van der Waals surface area contributed by atoms with Crippen molar-refractivity contribution in [3.8, 4) is 0 Å². The minimum Gasteiger partial charge on any atom is -0.480 e. The summed E-state index contributed by atoms with van der Waals surface area (Å²) >= 11 is 0. The van der Waals surface area contributed by atoms with E-state index in [9.17, 15) is 9.59 Å². The third kappa shape index (κ3) is 4.13. The number of carbonyl (C=O) groups excluding carboxylic acids is 1. The van der Waals surface area contributed by atoms with Crippen LogP contribution in [0.2, 0.25) is 0 Å². The van der Waals surface area contributed by atoms with E-state index < -0.39 is 5.97 Å². The summed E-state index contributed by atoms with van der Waals surface area (Å²) in [6.07, 6.45) is 0.218. The number of rotatable bonds is 4. The van der Waals surface area contributed by atoms with Crippen LogP contribution in [0.5, 0.6) is 0 Å². The van der Waals surface area contributed by atoms with Crippen LogP contribution in [0.25, 0.3) is 0 Å². The molecule has 0 saturated carbocycles. The van der Waals surface area contributed by atoms with Crippen molar-refractivity contribution in [3.63, 3.8) is 0 Å². The molecule has 1 rings (SSSR count). The molecule has 4 heteroatoms. The van der Waals surface area contributed by atoms with E-state index in [0.717, 1.165) is 16.7 Å². The summed E-state index contributed by atoms with van der Waals surface area (Å²) in [7, 11) is 0. The summed E-state index contributed by atoms with van der Waals surface area (Å²) in [4.78, 5) is 21.6. The van der Waals surface area contributed by atoms with Crippen LogP contribution in [0.4, 0.5) is 0 Å². The zero-order valence-corrected chi connectivity index (χ0v) is 9.41. The fourth-order valence-electron chi connectivity index (χ4n) is 1.59. The predicted molar refractivity (Wildman–Crippen MR) is 60.3 cm³/mol. The van der Waals surface area contributed by atoms with E-state index in [1.54, 1.807) is 0 Å². The second-order valence-electron chi connectivity index (χ2n) is 3.84. The normalized spacial score (nSPS) is 9.88. The van der Waals surface area contributed by atoms with Gasteiger partial charge in [0.05, 0.1) is 6.42 Å². The van der Waals surface area contributed by atoms with E-state index in [2.05, 4.69) is 5.32 Å². The van der Waals surface area contributed by atoms with Crippen LogP contribution in [0, 0.1) is 13.8 Å². The lowest BCUT2D eigenvalue weighted by molar-refractivity contribution is -0.137. The summed E-state index contributed by atoms with van der Waals surface area (Å²) in [6, 6.07) is 5.87. The van der Waals surface area contributed by atoms with E-state index in [-0.39, 0.29) is 18.9 Å². The lowest BCUT2D eigenvalue weighted by Gasteiger charge is -2.05. The molecule has 0 bridgehead atoms. The zero-order chi connectivity index (χ0) is 12.1. The van der Waals surface area contributed by atoms with Gasteiger partial charge < -0.3 is 10.4 Å². The van der Waals surface area contributed by atoms with Crippen molar-refractivity contribution in [3.05, 3.63) is 34.9 Å². The smallest absolute Gasteiger partial charge is 0.322 e. The van der Waals surface area contributed by atoms with E-state index in [4.69, 9.17) is 5.11 Å². The standard InChI is InChI=1S/C12H15NO3/c1-8-3-9(2)5-10(4-8)6-11(14)13-7-12(15)16/h3-5H,6-7H2,1-2H3,(H,13,14)(H,15,16). The van der Waals surface area contributed by atoms with Gasteiger partial charge in [0, 0.05) is 0 Å². The topological polar surface area (TPSA) is 66.4 Å². The molecule has 0 aliphatic heterocycles. The van der Waals surface area contributed by atoms with Gasteiger partial charge in [-0.2, -0.15) is 0 Å². The molecule has 4 nitrogen and oxygen atoms in total. The maximum atomic E-state index is 11.4. The largest absolute Gasteiger partial charge is 0.480 e. The van der Waals surface area contributed by atoms with E-state index in [1.807, 2.05) is 32.0 Å². The second-order valence-corrected chi connectivity index (χ2v) is 3.84. The van der Waals surface area contributed by atoms with Crippen LogP contribution >= 0.6 is 0 Å². The maximum Gasteiger partial charge on any atom is 0.322 e. The summed E-state index contributed by atoms with van der Waals surface area (Å²) in [5, 5.41) is 10.7. The molecule has 1 amide bonds. The molecule has 0 aromatic heterocycles. The molecular weight excluding hydrogens is 206 g/mol. The Morgan fingerprint density at radius 1 is 1.19 bits per heavy atom. The summed E-state index contributed by atoms with van der Waals surface area (Å²) in [5.74, 6) is -1.30. The Bertz CT molecular complexity index is 392. The Labute approximate surface area is 94.3 Å². The highest BCUT2D eigenvalue weighted by molar-refractivity contribution is 5.82. The average molecular weight is 221 g/mol. The van der Waals surface area contributed by atoms with Crippen molar-refractivity contribution in [2.24, 2.45) is 0 Å². The number of nitrogens with one attached hydrogen (secondary N) is 1. The highest BCUT2D eigenvalue weighted by Crippen LogP contribution is 2.09. The second kappa shape index (κ2) is 5.30. The van der Waals surface area contributed by atoms with Gasteiger partial charge in [0.2, 0.25) is 5.91 Å². The number of amides is 1. The summed E-state index contributed by atoms with van der Waals surface area (Å²) in [6.45, 7) is 3.60. The van der Waals surface area contributed by atoms with Gasteiger partial charge in [0.15, 0.2) is 0 Å². The lowest BCUT2D eigenvalue weighted by atomic mass is 10.0. The van der Waals surface area contributed by atoms with Crippen LogP contribution in [0.1, 0.15) is 16.7 Å². The molecule has 1 aromatic carbocycles. The third-order valence-corrected chi connectivity index (χ3v) is 2.08. The molecule has 16 heavy (non-hydrogen) atoms.